The van der Waals surface area contributed by atoms with E-state index in [-0.39, 0.29) is 11.8 Å². The van der Waals surface area contributed by atoms with E-state index < -0.39 is 0 Å². The molecule has 0 aliphatic carbocycles. The van der Waals surface area contributed by atoms with Gasteiger partial charge in [0.1, 0.15) is 0 Å². The van der Waals surface area contributed by atoms with E-state index >= 15 is 0 Å². The van der Waals surface area contributed by atoms with Crippen molar-refractivity contribution in [2.24, 2.45) is 0 Å². The van der Waals surface area contributed by atoms with Gasteiger partial charge >= 0.3 is 0 Å². The van der Waals surface area contributed by atoms with E-state index in [1.807, 2.05) is 51.6 Å². The van der Waals surface area contributed by atoms with Gasteiger partial charge in [-0.2, -0.15) is 0 Å². The fraction of sp³-hybridized carbons (Fsp3) is 0.222. The van der Waals surface area contributed by atoms with Crippen molar-refractivity contribution < 1.29 is 9.59 Å². The number of carbonyl (C=O) groups is 2. The lowest BCUT2D eigenvalue weighted by atomic mass is 10.1. The van der Waals surface area contributed by atoms with Gasteiger partial charge < -0.3 is 14.8 Å². The minimum Gasteiger partial charge on any atom is -0.360 e. The summed E-state index contributed by atoms with van der Waals surface area (Å²) in [4.78, 5) is 32.7. The molecule has 0 radical (unpaired) electrons. The number of nitrogens with zero attached hydrogens (tertiary/aromatic N) is 2. The van der Waals surface area contributed by atoms with Gasteiger partial charge in [-0.15, -0.1) is 11.3 Å². The molecule has 1 aromatic carbocycles. The number of thiophene rings is 1. The summed E-state index contributed by atoms with van der Waals surface area (Å²) in [6.07, 6.45) is 1.77. The molecule has 6 heteroatoms. The number of piperazine rings is 1. The Hall–Kier alpha value is -2.60. The van der Waals surface area contributed by atoms with E-state index in [1.165, 1.54) is 11.3 Å². The number of hydrogen-bond acceptors (Lipinski definition) is 3. The molecule has 5 nitrogen and oxygen atoms in total. The summed E-state index contributed by atoms with van der Waals surface area (Å²) < 4.78 is 0. The Bertz CT molecular complexity index is 877. The molecule has 0 atom stereocenters. The van der Waals surface area contributed by atoms with Crippen molar-refractivity contribution >= 4 is 34.1 Å². The molecule has 0 bridgehead atoms. The number of carbonyl (C=O) groups excluding carboxylic acids is 2. The van der Waals surface area contributed by atoms with Crippen LogP contribution in [-0.2, 0) is 0 Å². The quantitative estimate of drug-likeness (QED) is 0.780. The Morgan fingerprint density at radius 2 is 1.62 bits per heavy atom. The fourth-order valence-corrected chi connectivity index (χ4v) is 3.78. The average Bonchev–Trinajstić information content (AvgIpc) is 3.30. The lowest BCUT2D eigenvalue weighted by Gasteiger charge is -2.34. The Balaban J connectivity index is 1.46. The van der Waals surface area contributed by atoms with Gasteiger partial charge in [0.25, 0.3) is 11.8 Å². The largest absolute Gasteiger partial charge is 0.360 e. The third-order valence-electron chi connectivity index (χ3n) is 4.41. The highest BCUT2D eigenvalue weighted by Crippen LogP contribution is 2.20. The van der Waals surface area contributed by atoms with Crippen molar-refractivity contribution in [2.45, 2.75) is 0 Å². The van der Waals surface area contributed by atoms with Gasteiger partial charge in [0.15, 0.2) is 0 Å². The lowest BCUT2D eigenvalue weighted by Crippen LogP contribution is -2.50. The standard InChI is InChI=1S/C18H17N3O2S/c22-17(14-12-19-15-5-2-1-4-13(14)15)20-7-9-21(10-8-20)18(23)16-6-3-11-24-16/h1-6,11-12,19H,7-10H2. The van der Waals surface area contributed by atoms with Crippen molar-refractivity contribution in [3.8, 4) is 0 Å². The van der Waals surface area contributed by atoms with Crippen LogP contribution in [0.15, 0.2) is 48.0 Å². The van der Waals surface area contributed by atoms with Gasteiger partial charge in [0.2, 0.25) is 0 Å². The second-order valence-corrected chi connectivity index (χ2v) is 6.76. The first-order valence-electron chi connectivity index (χ1n) is 7.92. The van der Waals surface area contributed by atoms with Crippen LogP contribution in [0.1, 0.15) is 20.0 Å². The average molecular weight is 339 g/mol. The molecule has 3 aromatic rings. The number of nitrogens with one attached hydrogen (secondary N) is 1. The summed E-state index contributed by atoms with van der Waals surface area (Å²) >= 11 is 1.46. The number of fused-ring (bicyclic) bond motifs is 1. The first kappa shape index (κ1) is 15.0. The van der Waals surface area contributed by atoms with Crippen LogP contribution in [0.2, 0.25) is 0 Å². The van der Waals surface area contributed by atoms with Crippen molar-refractivity contribution in [1.29, 1.82) is 0 Å². The van der Waals surface area contributed by atoms with Crippen LogP contribution >= 0.6 is 11.3 Å². The van der Waals surface area contributed by atoms with Crippen molar-refractivity contribution in [3.05, 3.63) is 58.4 Å². The molecule has 2 aromatic heterocycles. The number of benzene rings is 1. The zero-order valence-corrected chi connectivity index (χ0v) is 13.9. The maximum absolute atomic E-state index is 12.8. The normalized spacial score (nSPS) is 15.0. The predicted octanol–water partition coefficient (Wildman–Crippen LogP) is 2.83. The first-order chi connectivity index (χ1) is 11.7. The van der Waals surface area contributed by atoms with Gasteiger partial charge in [-0.3, -0.25) is 9.59 Å². The van der Waals surface area contributed by atoms with Crippen molar-refractivity contribution in [1.82, 2.24) is 14.8 Å². The Labute approximate surface area is 143 Å². The maximum Gasteiger partial charge on any atom is 0.264 e. The van der Waals surface area contributed by atoms with E-state index in [2.05, 4.69) is 4.98 Å². The van der Waals surface area contributed by atoms with Gasteiger partial charge in [-0.25, -0.2) is 0 Å². The second kappa shape index (κ2) is 6.13. The molecule has 1 N–H and O–H groups in total. The van der Waals surface area contributed by atoms with Crippen LogP contribution in [0.3, 0.4) is 0 Å². The zero-order valence-electron chi connectivity index (χ0n) is 13.1. The highest BCUT2D eigenvalue weighted by atomic mass is 32.1. The lowest BCUT2D eigenvalue weighted by molar-refractivity contribution is 0.0539. The smallest absolute Gasteiger partial charge is 0.264 e. The van der Waals surface area contributed by atoms with Crippen LogP contribution < -0.4 is 0 Å². The first-order valence-corrected chi connectivity index (χ1v) is 8.80. The molecule has 0 spiro atoms. The second-order valence-electron chi connectivity index (χ2n) is 5.81. The summed E-state index contributed by atoms with van der Waals surface area (Å²) in [5.74, 6) is 0.0832. The predicted molar refractivity (Wildman–Crippen MR) is 94.4 cm³/mol. The number of para-hydroxylation sites is 1. The molecule has 0 saturated carbocycles. The van der Waals surface area contributed by atoms with E-state index in [9.17, 15) is 9.59 Å². The van der Waals surface area contributed by atoms with Crippen LogP contribution in [0, 0.1) is 0 Å². The third-order valence-corrected chi connectivity index (χ3v) is 5.26. The van der Waals surface area contributed by atoms with E-state index in [0.29, 0.717) is 31.7 Å². The molecule has 24 heavy (non-hydrogen) atoms. The summed E-state index contributed by atoms with van der Waals surface area (Å²) in [5.41, 5.74) is 1.66. The Morgan fingerprint density at radius 1 is 0.917 bits per heavy atom. The number of aromatic amines is 1. The molecule has 0 unspecified atom stereocenters. The van der Waals surface area contributed by atoms with Gasteiger partial charge in [-0.1, -0.05) is 24.3 Å². The minimum absolute atomic E-state index is 0.0238. The molecule has 3 heterocycles. The summed E-state index contributed by atoms with van der Waals surface area (Å²) in [5, 5.41) is 2.85. The molecular weight excluding hydrogens is 322 g/mol. The molecular formula is C18H17N3O2S. The van der Waals surface area contributed by atoms with Crippen molar-refractivity contribution in [3.63, 3.8) is 0 Å². The number of amides is 2. The molecule has 1 fully saturated rings. The number of aromatic nitrogens is 1. The topological polar surface area (TPSA) is 56.4 Å². The van der Waals surface area contributed by atoms with Crippen LogP contribution in [0.5, 0.6) is 0 Å². The van der Waals surface area contributed by atoms with Crippen LogP contribution in [0.25, 0.3) is 10.9 Å². The van der Waals surface area contributed by atoms with Crippen molar-refractivity contribution in [2.75, 3.05) is 26.2 Å². The maximum atomic E-state index is 12.8. The highest BCUT2D eigenvalue weighted by Gasteiger charge is 2.26. The van der Waals surface area contributed by atoms with E-state index in [4.69, 9.17) is 0 Å². The summed E-state index contributed by atoms with van der Waals surface area (Å²) in [6.45, 7) is 2.28. The van der Waals surface area contributed by atoms with E-state index in [0.717, 1.165) is 15.8 Å². The SMILES string of the molecule is O=C(c1cccs1)N1CCN(C(=O)c2c[nH]c3ccccc23)CC1. The Kier molecular flexibility index (Phi) is 3.82. The van der Waals surface area contributed by atoms with E-state index in [1.54, 1.807) is 6.20 Å². The highest BCUT2D eigenvalue weighted by molar-refractivity contribution is 7.12. The number of hydrogen-bond donors (Lipinski definition) is 1. The molecule has 4 rings (SSSR count). The van der Waals surface area contributed by atoms with Gasteiger partial charge in [0.05, 0.1) is 10.4 Å². The molecule has 1 aliphatic rings. The minimum atomic E-state index is 0.0238. The van der Waals surface area contributed by atoms with Crippen LogP contribution in [-0.4, -0.2) is 52.8 Å². The Morgan fingerprint density at radius 3 is 2.33 bits per heavy atom. The summed E-state index contributed by atoms with van der Waals surface area (Å²) in [7, 11) is 0. The molecule has 2 amide bonds. The summed E-state index contributed by atoms with van der Waals surface area (Å²) in [6, 6.07) is 11.5. The third kappa shape index (κ3) is 2.59. The number of H-pyrrole nitrogens is 1. The zero-order chi connectivity index (χ0) is 16.5. The number of rotatable bonds is 2. The van der Waals surface area contributed by atoms with Gasteiger partial charge in [0, 0.05) is 43.3 Å². The fourth-order valence-electron chi connectivity index (χ4n) is 3.09. The molecule has 1 saturated heterocycles. The van der Waals surface area contributed by atoms with Gasteiger partial charge in [-0.05, 0) is 17.5 Å². The molecule has 1 aliphatic heterocycles. The monoisotopic (exact) mass is 339 g/mol. The molecule has 122 valence electrons. The van der Waals surface area contributed by atoms with Crippen LogP contribution in [0.4, 0.5) is 0 Å².